The monoisotopic (exact) mass is 235 g/mol. The molecule has 1 fully saturated rings. The predicted octanol–water partition coefficient (Wildman–Crippen LogP) is 3.63. The fraction of sp³-hybridized carbons (Fsp3) is 0.333. The summed E-state index contributed by atoms with van der Waals surface area (Å²) in [5, 5.41) is 0.469. The molecule has 0 aliphatic carbocycles. The van der Waals surface area contributed by atoms with E-state index in [1.807, 2.05) is 11.8 Å². The Kier molecular flexibility index (Phi) is 2.45. The van der Waals surface area contributed by atoms with Gasteiger partial charge in [-0.05, 0) is 18.4 Å². The summed E-state index contributed by atoms with van der Waals surface area (Å²) in [7, 11) is 0. The fourth-order valence-electron chi connectivity index (χ4n) is 2.29. The minimum Gasteiger partial charge on any atom is -0.357 e. The summed E-state index contributed by atoms with van der Waals surface area (Å²) in [5.41, 5.74) is 2.85. The average molecular weight is 235 g/mol. The predicted molar refractivity (Wildman–Crippen MR) is 68.7 cm³/mol. The summed E-state index contributed by atoms with van der Waals surface area (Å²) in [5.74, 6) is 0. The number of benzene rings is 1. The Labute approximate surface area is 100.0 Å². The van der Waals surface area contributed by atoms with Crippen molar-refractivity contribution < 1.29 is 0 Å². The molecule has 1 aromatic rings. The first-order chi connectivity index (χ1) is 7.36. The van der Waals surface area contributed by atoms with Crippen LogP contribution in [0.4, 0.5) is 0 Å². The molecule has 0 saturated carbocycles. The lowest BCUT2D eigenvalue weighted by Crippen LogP contribution is -2.17. The van der Waals surface area contributed by atoms with Crippen molar-refractivity contribution >= 4 is 24.4 Å². The van der Waals surface area contributed by atoms with Gasteiger partial charge in [-0.3, -0.25) is 0 Å². The van der Waals surface area contributed by atoms with Crippen molar-refractivity contribution in [1.82, 2.24) is 4.90 Å². The molecule has 1 aromatic carbocycles. The Morgan fingerprint density at radius 1 is 1.27 bits per heavy atom. The minimum absolute atomic E-state index is 0.469. The molecular weight excluding hydrogens is 222 g/mol. The maximum Gasteiger partial charge on any atom is 0.105 e. The van der Waals surface area contributed by atoms with Crippen molar-refractivity contribution in [1.29, 1.82) is 0 Å². The van der Waals surface area contributed by atoms with Gasteiger partial charge in [-0.1, -0.05) is 42.1 Å². The van der Waals surface area contributed by atoms with Gasteiger partial charge in [0, 0.05) is 12.2 Å². The van der Waals surface area contributed by atoms with E-state index in [4.69, 9.17) is 0 Å². The zero-order valence-electron chi connectivity index (χ0n) is 8.39. The molecule has 0 bridgehead atoms. The van der Waals surface area contributed by atoms with Crippen LogP contribution < -0.4 is 0 Å². The lowest BCUT2D eigenvalue weighted by molar-refractivity contribution is 0.385. The van der Waals surface area contributed by atoms with Gasteiger partial charge in [-0.15, -0.1) is 12.6 Å². The van der Waals surface area contributed by atoms with Gasteiger partial charge in [0.1, 0.15) is 5.37 Å². The molecule has 0 aromatic heterocycles. The topological polar surface area (TPSA) is 3.24 Å². The van der Waals surface area contributed by atoms with Crippen LogP contribution in [0, 0.1) is 0 Å². The van der Waals surface area contributed by atoms with Crippen LogP contribution in [-0.4, -0.2) is 11.4 Å². The Morgan fingerprint density at radius 2 is 2.07 bits per heavy atom. The Balaban J connectivity index is 1.93. The van der Waals surface area contributed by atoms with Crippen LogP contribution in [0.5, 0.6) is 0 Å². The summed E-state index contributed by atoms with van der Waals surface area (Å²) in [6, 6.07) is 10.7. The van der Waals surface area contributed by atoms with Gasteiger partial charge in [-0.2, -0.15) is 0 Å². The molecule has 2 aliphatic heterocycles. The van der Waals surface area contributed by atoms with E-state index in [1.165, 1.54) is 34.9 Å². The van der Waals surface area contributed by atoms with Crippen molar-refractivity contribution in [3.8, 4) is 0 Å². The molecule has 2 heterocycles. The van der Waals surface area contributed by atoms with Crippen molar-refractivity contribution in [2.45, 2.75) is 18.2 Å². The van der Waals surface area contributed by atoms with E-state index < -0.39 is 0 Å². The van der Waals surface area contributed by atoms with Gasteiger partial charge in [0.15, 0.2) is 0 Å². The number of thioether (sulfide) groups is 1. The Morgan fingerprint density at radius 3 is 2.87 bits per heavy atom. The molecule has 1 atom stereocenters. The molecule has 0 amide bonds. The largest absolute Gasteiger partial charge is 0.357 e. The number of allylic oxidation sites excluding steroid dienone is 1. The summed E-state index contributed by atoms with van der Waals surface area (Å²) >= 11 is 6.46. The molecule has 1 unspecified atom stereocenters. The second-order valence-corrected chi connectivity index (χ2v) is 5.77. The van der Waals surface area contributed by atoms with Crippen molar-refractivity contribution in [2.75, 3.05) is 6.54 Å². The summed E-state index contributed by atoms with van der Waals surface area (Å²) < 4.78 is 1.22. The molecule has 0 spiro atoms. The van der Waals surface area contributed by atoms with Crippen LogP contribution in [0.2, 0.25) is 0 Å². The van der Waals surface area contributed by atoms with Crippen molar-refractivity contribution in [3.63, 3.8) is 0 Å². The fourth-order valence-corrected chi connectivity index (χ4v) is 4.05. The van der Waals surface area contributed by atoms with Gasteiger partial charge in [0.25, 0.3) is 0 Å². The molecule has 0 N–H and O–H groups in total. The van der Waals surface area contributed by atoms with Gasteiger partial charge >= 0.3 is 0 Å². The van der Waals surface area contributed by atoms with Gasteiger partial charge in [0.05, 0.1) is 4.24 Å². The van der Waals surface area contributed by atoms with Crippen molar-refractivity contribution in [2.24, 2.45) is 0 Å². The molecule has 2 aliphatic rings. The normalized spacial score (nSPS) is 24.9. The highest BCUT2D eigenvalue weighted by atomic mass is 32.2. The minimum atomic E-state index is 0.469. The third kappa shape index (κ3) is 1.58. The van der Waals surface area contributed by atoms with Crippen LogP contribution in [0.25, 0.3) is 0 Å². The Bertz CT molecular complexity index is 399. The molecule has 3 rings (SSSR count). The van der Waals surface area contributed by atoms with Gasteiger partial charge in [-0.25, -0.2) is 0 Å². The number of hydrogen-bond acceptors (Lipinski definition) is 3. The number of hydrogen-bond donors (Lipinski definition) is 1. The van der Waals surface area contributed by atoms with Gasteiger partial charge in [0.2, 0.25) is 0 Å². The lowest BCUT2D eigenvalue weighted by atomic mass is 10.2. The van der Waals surface area contributed by atoms with Crippen LogP contribution in [0.15, 0.2) is 40.3 Å². The average Bonchev–Trinajstić information content (AvgIpc) is 2.84. The number of thiol groups is 1. The molecular formula is C12H13NS2. The third-order valence-electron chi connectivity index (χ3n) is 3.00. The SMILES string of the molecule is SC1=C2CCCN2C(c2ccccc2)S1. The standard InChI is InChI=1S/C12H13NS2/c14-12-10-7-4-8-13(10)11(15-12)9-5-2-1-3-6-9/h1-3,5-6,11,14H,4,7-8H2. The number of nitrogens with zero attached hydrogens (tertiary/aromatic N) is 1. The summed E-state index contributed by atoms with van der Waals surface area (Å²) in [6.45, 7) is 1.19. The lowest BCUT2D eigenvalue weighted by Gasteiger charge is -2.23. The van der Waals surface area contributed by atoms with Crippen LogP contribution in [0.1, 0.15) is 23.8 Å². The molecule has 1 saturated heterocycles. The highest BCUT2D eigenvalue weighted by Crippen LogP contribution is 2.52. The van der Waals surface area contributed by atoms with Crippen LogP contribution in [-0.2, 0) is 0 Å². The molecule has 3 heteroatoms. The first-order valence-corrected chi connectivity index (χ1v) is 6.59. The van der Waals surface area contributed by atoms with E-state index in [0.29, 0.717) is 5.37 Å². The molecule has 0 radical (unpaired) electrons. The second kappa shape index (κ2) is 3.80. The quantitative estimate of drug-likeness (QED) is 0.740. The zero-order chi connectivity index (χ0) is 10.3. The van der Waals surface area contributed by atoms with Crippen molar-refractivity contribution in [3.05, 3.63) is 45.8 Å². The highest BCUT2D eigenvalue weighted by molar-refractivity contribution is 8.15. The summed E-state index contributed by atoms with van der Waals surface area (Å²) in [4.78, 5) is 2.50. The smallest absolute Gasteiger partial charge is 0.105 e. The first kappa shape index (κ1) is 9.67. The third-order valence-corrected chi connectivity index (χ3v) is 4.78. The van der Waals surface area contributed by atoms with E-state index in [-0.39, 0.29) is 0 Å². The molecule has 78 valence electrons. The zero-order valence-corrected chi connectivity index (χ0v) is 10.1. The van der Waals surface area contributed by atoms with E-state index in [0.717, 1.165) is 0 Å². The number of rotatable bonds is 1. The molecule has 15 heavy (non-hydrogen) atoms. The first-order valence-electron chi connectivity index (χ1n) is 5.26. The second-order valence-electron chi connectivity index (χ2n) is 3.93. The Hall–Kier alpha value is -0.540. The molecule has 1 nitrogen and oxygen atoms in total. The maximum absolute atomic E-state index is 4.58. The van der Waals surface area contributed by atoms with E-state index in [2.05, 4.69) is 47.9 Å². The van der Waals surface area contributed by atoms with Crippen LogP contribution in [0.3, 0.4) is 0 Å². The van der Waals surface area contributed by atoms with Gasteiger partial charge < -0.3 is 4.90 Å². The highest BCUT2D eigenvalue weighted by Gasteiger charge is 2.34. The maximum atomic E-state index is 4.58. The van der Waals surface area contributed by atoms with E-state index >= 15 is 0 Å². The van der Waals surface area contributed by atoms with Crippen LogP contribution >= 0.6 is 24.4 Å². The van der Waals surface area contributed by atoms with E-state index in [9.17, 15) is 0 Å². The number of fused-ring (bicyclic) bond motifs is 1. The summed E-state index contributed by atoms with van der Waals surface area (Å²) in [6.07, 6.45) is 2.48. The van der Waals surface area contributed by atoms with E-state index in [1.54, 1.807) is 0 Å².